The van der Waals surface area contributed by atoms with Gasteiger partial charge in [0.2, 0.25) is 5.75 Å². The van der Waals surface area contributed by atoms with E-state index in [0.29, 0.717) is 26.8 Å². The molecule has 1 aromatic heterocycles. The zero-order chi connectivity index (χ0) is 26.9. The van der Waals surface area contributed by atoms with Crippen molar-refractivity contribution in [1.82, 2.24) is 9.66 Å². The van der Waals surface area contributed by atoms with Gasteiger partial charge in [-0.15, -0.1) is 0 Å². The van der Waals surface area contributed by atoms with Crippen molar-refractivity contribution >= 4 is 86.5 Å². The van der Waals surface area contributed by atoms with Gasteiger partial charge in [0.25, 0.3) is 5.56 Å². The molecule has 0 fully saturated rings. The Kier molecular flexibility index (Phi) is 8.62. The van der Waals surface area contributed by atoms with Gasteiger partial charge < -0.3 is 4.74 Å². The highest BCUT2D eigenvalue weighted by molar-refractivity contribution is 9.11. The molecule has 0 aliphatic rings. The van der Waals surface area contributed by atoms with Crippen LogP contribution in [-0.2, 0) is 6.61 Å². The average Bonchev–Trinajstić information content (AvgIpc) is 2.83. The minimum atomic E-state index is -0.519. The summed E-state index contributed by atoms with van der Waals surface area (Å²) < 4.78 is 9.90. The van der Waals surface area contributed by atoms with Gasteiger partial charge in [-0.3, -0.25) is 14.9 Å². The first kappa shape index (κ1) is 27.6. The molecule has 0 radical (unpaired) electrons. The number of nitro groups is 1. The maximum absolute atomic E-state index is 13.2. The van der Waals surface area contributed by atoms with E-state index in [1.165, 1.54) is 17.0 Å². The van der Waals surface area contributed by atoms with Gasteiger partial charge in [-0.2, -0.15) is 9.78 Å². The molecule has 0 aliphatic heterocycles. The molecule has 12 heteroatoms. The summed E-state index contributed by atoms with van der Waals surface area (Å²) >= 11 is 13.6. The second-order valence-electron chi connectivity index (χ2n) is 8.28. The fourth-order valence-electron chi connectivity index (χ4n) is 3.52. The lowest BCUT2D eigenvalue weighted by Crippen LogP contribution is -2.23. The van der Waals surface area contributed by atoms with Crippen molar-refractivity contribution in [3.8, 4) is 5.75 Å². The van der Waals surface area contributed by atoms with E-state index >= 15 is 0 Å². The third-order valence-corrected chi connectivity index (χ3v) is 7.62. The highest BCUT2D eigenvalue weighted by Gasteiger charge is 2.21. The summed E-state index contributed by atoms with van der Waals surface area (Å²) in [5, 5.41) is 16.7. The van der Waals surface area contributed by atoms with E-state index in [1.54, 1.807) is 18.2 Å². The standard InChI is InChI=1S/C25H18Br4N4O4/c1-13(2)24-31-21-6-5-16(26)9-18(21)25(34)32(24)30-11-14-7-20(29)23(22(8-14)33(35)36)37-12-15-3-4-17(27)10-19(15)28/h3-11,13H,12H2,1-2H3. The van der Waals surface area contributed by atoms with Crippen LogP contribution in [0.3, 0.4) is 0 Å². The first-order valence-electron chi connectivity index (χ1n) is 10.9. The normalized spacial score (nSPS) is 11.5. The summed E-state index contributed by atoms with van der Waals surface area (Å²) in [6.45, 7) is 3.94. The lowest BCUT2D eigenvalue weighted by atomic mass is 10.2. The van der Waals surface area contributed by atoms with Crippen molar-refractivity contribution in [2.75, 3.05) is 0 Å². The predicted octanol–water partition coefficient (Wildman–Crippen LogP) is 7.94. The number of aromatic nitrogens is 2. The fraction of sp³-hybridized carbons (Fsp3) is 0.160. The molecular formula is C25H18Br4N4O4. The molecule has 1 heterocycles. The molecule has 0 bridgehead atoms. The lowest BCUT2D eigenvalue weighted by molar-refractivity contribution is -0.386. The van der Waals surface area contributed by atoms with Crippen LogP contribution in [0.4, 0.5) is 5.69 Å². The molecular weight excluding hydrogens is 740 g/mol. The molecule has 0 saturated heterocycles. The van der Waals surface area contributed by atoms with Crippen LogP contribution in [0.1, 0.15) is 36.7 Å². The summed E-state index contributed by atoms with van der Waals surface area (Å²) in [6, 6.07) is 13.9. The molecule has 0 atom stereocenters. The van der Waals surface area contributed by atoms with E-state index in [4.69, 9.17) is 4.74 Å². The Labute approximate surface area is 245 Å². The fourth-order valence-corrected chi connectivity index (χ4v) is 5.62. The Bertz CT molecular complexity index is 1620. The average molecular weight is 758 g/mol. The highest BCUT2D eigenvalue weighted by atomic mass is 79.9. The van der Waals surface area contributed by atoms with Crippen LogP contribution >= 0.6 is 63.7 Å². The van der Waals surface area contributed by atoms with Crippen molar-refractivity contribution in [3.63, 3.8) is 0 Å². The van der Waals surface area contributed by atoms with Crippen LogP contribution in [0.2, 0.25) is 0 Å². The second kappa shape index (κ2) is 11.5. The smallest absolute Gasteiger partial charge is 0.312 e. The van der Waals surface area contributed by atoms with E-state index in [2.05, 4.69) is 73.8 Å². The number of hydrogen-bond donors (Lipinski definition) is 0. The third-order valence-electron chi connectivity index (χ3n) is 5.30. The number of nitro benzene ring substituents is 1. The number of benzene rings is 3. The van der Waals surface area contributed by atoms with Gasteiger partial charge in [-0.25, -0.2) is 4.98 Å². The van der Waals surface area contributed by atoms with Gasteiger partial charge >= 0.3 is 5.69 Å². The number of nitrogens with zero attached hydrogens (tertiary/aromatic N) is 4. The minimum Gasteiger partial charge on any atom is -0.481 e. The van der Waals surface area contributed by atoms with Gasteiger partial charge in [0.05, 0.1) is 26.5 Å². The largest absolute Gasteiger partial charge is 0.481 e. The molecule has 4 rings (SSSR count). The van der Waals surface area contributed by atoms with Crippen LogP contribution in [0.5, 0.6) is 5.75 Å². The summed E-state index contributed by atoms with van der Waals surface area (Å²) in [7, 11) is 0. The molecule has 0 unspecified atom stereocenters. The van der Waals surface area contributed by atoms with E-state index in [1.807, 2.05) is 38.1 Å². The van der Waals surface area contributed by atoms with Crippen molar-refractivity contribution < 1.29 is 9.66 Å². The Morgan fingerprint density at radius 3 is 2.43 bits per heavy atom. The first-order chi connectivity index (χ1) is 17.5. The van der Waals surface area contributed by atoms with E-state index < -0.39 is 4.92 Å². The second-order valence-corrected chi connectivity index (χ2v) is 11.8. The molecule has 190 valence electrons. The minimum absolute atomic E-state index is 0.0901. The molecule has 0 spiro atoms. The number of ether oxygens (including phenoxy) is 1. The molecule has 3 aromatic carbocycles. The number of rotatable bonds is 7. The van der Waals surface area contributed by atoms with Crippen LogP contribution in [0.25, 0.3) is 10.9 Å². The SMILES string of the molecule is CC(C)c1nc2ccc(Br)cc2c(=O)n1N=Cc1cc(Br)c(OCc2ccc(Br)cc2Br)c([N+](=O)[O-])c1. The van der Waals surface area contributed by atoms with E-state index in [-0.39, 0.29) is 29.5 Å². The topological polar surface area (TPSA) is 99.6 Å². The summed E-state index contributed by atoms with van der Waals surface area (Å²) in [4.78, 5) is 29.2. The Balaban J connectivity index is 1.72. The van der Waals surface area contributed by atoms with E-state index in [9.17, 15) is 14.9 Å². The number of halogens is 4. The summed E-state index contributed by atoms with van der Waals surface area (Å²) in [6.07, 6.45) is 1.39. The molecule has 8 nitrogen and oxygen atoms in total. The molecule has 0 saturated carbocycles. The maximum atomic E-state index is 13.2. The van der Waals surface area contributed by atoms with Crippen LogP contribution in [0.15, 0.2) is 76.3 Å². The Morgan fingerprint density at radius 1 is 1.05 bits per heavy atom. The molecule has 4 aromatic rings. The molecule has 37 heavy (non-hydrogen) atoms. The van der Waals surface area contributed by atoms with Crippen molar-refractivity contribution in [2.45, 2.75) is 26.4 Å². The molecule has 0 amide bonds. The van der Waals surface area contributed by atoms with Gasteiger partial charge in [0.15, 0.2) is 0 Å². The monoisotopic (exact) mass is 754 g/mol. The zero-order valence-corrected chi connectivity index (χ0v) is 25.8. The predicted molar refractivity (Wildman–Crippen MR) is 158 cm³/mol. The van der Waals surface area contributed by atoms with Crippen LogP contribution in [0, 0.1) is 10.1 Å². The maximum Gasteiger partial charge on any atom is 0.312 e. The van der Waals surface area contributed by atoms with Crippen LogP contribution < -0.4 is 10.3 Å². The quantitative estimate of drug-likeness (QED) is 0.108. The number of hydrogen-bond acceptors (Lipinski definition) is 6. The van der Waals surface area contributed by atoms with E-state index in [0.717, 1.165) is 19.0 Å². The van der Waals surface area contributed by atoms with Gasteiger partial charge in [-0.1, -0.05) is 67.7 Å². The van der Waals surface area contributed by atoms with Gasteiger partial charge in [-0.05, 0) is 52.3 Å². The Morgan fingerprint density at radius 2 is 1.76 bits per heavy atom. The third kappa shape index (κ3) is 6.19. The molecule has 0 aliphatic carbocycles. The number of fused-ring (bicyclic) bond motifs is 1. The van der Waals surface area contributed by atoms with Crippen LogP contribution in [-0.4, -0.2) is 20.8 Å². The zero-order valence-electron chi connectivity index (χ0n) is 19.4. The van der Waals surface area contributed by atoms with Gasteiger partial charge in [0.1, 0.15) is 12.4 Å². The Hall–Kier alpha value is -2.41. The summed E-state index contributed by atoms with van der Waals surface area (Å²) in [5.74, 6) is 0.478. The first-order valence-corrected chi connectivity index (χ1v) is 14.0. The lowest BCUT2D eigenvalue weighted by Gasteiger charge is -2.12. The summed E-state index contributed by atoms with van der Waals surface area (Å²) in [5.41, 5.74) is 1.24. The van der Waals surface area contributed by atoms with Crippen molar-refractivity contribution in [3.05, 3.63) is 104 Å². The highest BCUT2D eigenvalue weighted by Crippen LogP contribution is 2.37. The van der Waals surface area contributed by atoms with Gasteiger partial charge in [0, 0.05) is 36.5 Å². The van der Waals surface area contributed by atoms with Crippen molar-refractivity contribution in [1.29, 1.82) is 0 Å². The molecule has 0 N–H and O–H groups in total. The van der Waals surface area contributed by atoms with Crippen molar-refractivity contribution in [2.24, 2.45) is 5.10 Å².